The highest BCUT2D eigenvalue weighted by atomic mass is 32.2. The molecule has 36 heavy (non-hydrogen) atoms. The molecular weight excluding hydrogens is 474 g/mol. The molecule has 2 aromatic rings. The lowest BCUT2D eigenvalue weighted by molar-refractivity contribution is -0.141. The second-order valence-corrected chi connectivity index (χ2v) is 11.7. The number of nitrogens with one attached hydrogen (secondary N) is 1. The SMILES string of the molecule is CC[C@H](C(=O)NC(C)C)N(Cc1ccc(C)cc1)C(=O)CCCN(c1cc(C)ccc1C)S(C)(=O)=O. The van der Waals surface area contributed by atoms with Gasteiger partial charge in [0.25, 0.3) is 0 Å². The minimum absolute atomic E-state index is 0.0382. The van der Waals surface area contributed by atoms with Crippen LogP contribution in [0.4, 0.5) is 5.69 Å². The molecular formula is C28H41N3O4S. The highest BCUT2D eigenvalue weighted by Crippen LogP contribution is 2.25. The standard InChI is InChI=1S/C28H41N3O4S/c1-8-25(28(33)29-20(2)3)30(19-24-15-12-21(4)13-16-24)27(32)10-9-17-31(36(7,34)35)26-18-22(5)11-14-23(26)6/h11-16,18,20,25H,8-10,17,19H2,1-7H3,(H,29,33)/t25-/m1/s1. The average Bonchev–Trinajstić information content (AvgIpc) is 2.78. The summed E-state index contributed by atoms with van der Waals surface area (Å²) in [6.45, 7) is 12.0. The van der Waals surface area contributed by atoms with Crippen molar-refractivity contribution in [1.29, 1.82) is 0 Å². The van der Waals surface area contributed by atoms with Crippen molar-refractivity contribution >= 4 is 27.5 Å². The third-order valence-corrected chi connectivity index (χ3v) is 7.26. The van der Waals surface area contributed by atoms with Gasteiger partial charge in [0.15, 0.2) is 0 Å². The number of hydrogen-bond acceptors (Lipinski definition) is 4. The summed E-state index contributed by atoms with van der Waals surface area (Å²) in [7, 11) is -3.53. The van der Waals surface area contributed by atoms with Crippen LogP contribution in [0.5, 0.6) is 0 Å². The summed E-state index contributed by atoms with van der Waals surface area (Å²) in [6.07, 6.45) is 2.14. The van der Waals surface area contributed by atoms with E-state index in [1.165, 1.54) is 10.6 Å². The molecule has 0 aliphatic carbocycles. The zero-order chi connectivity index (χ0) is 27.0. The average molecular weight is 516 g/mol. The number of benzene rings is 2. The number of rotatable bonds is 12. The Balaban J connectivity index is 2.24. The Morgan fingerprint density at radius 3 is 2.14 bits per heavy atom. The van der Waals surface area contributed by atoms with Gasteiger partial charge in [-0.3, -0.25) is 13.9 Å². The van der Waals surface area contributed by atoms with E-state index < -0.39 is 16.1 Å². The van der Waals surface area contributed by atoms with Crippen molar-refractivity contribution in [2.45, 2.75) is 79.4 Å². The first-order valence-electron chi connectivity index (χ1n) is 12.5. The van der Waals surface area contributed by atoms with Gasteiger partial charge in [-0.1, -0.05) is 48.9 Å². The summed E-state index contributed by atoms with van der Waals surface area (Å²) in [5.41, 5.74) is 4.51. The highest BCUT2D eigenvalue weighted by molar-refractivity contribution is 7.92. The van der Waals surface area contributed by atoms with Crippen LogP contribution in [0.15, 0.2) is 42.5 Å². The lowest BCUT2D eigenvalue weighted by Crippen LogP contribution is -2.50. The molecule has 2 amide bonds. The summed E-state index contributed by atoms with van der Waals surface area (Å²) in [6, 6.07) is 13.0. The first-order valence-corrected chi connectivity index (χ1v) is 14.4. The minimum Gasteiger partial charge on any atom is -0.352 e. The maximum absolute atomic E-state index is 13.5. The summed E-state index contributed by atoms with van der Waals surface area (Å²) in [4.78, 5) is 28.1. The van der Waals surface area contributed by atoms with E-state index in [9.17, 15) is 18.0 Å². The molecule has 0 bridgehead atoms. The number of aryl methyl sites for hydroxylation is 3. The second kappa shape index (κ2) is 12.9. The van der Waals surface area contributed by atoms with E-state index in [-0.39, 0.29) is 30.8 Å². The topological polar surface area (TPSA) is 86.8 Å². The molecule has 0 aromatic heterocycles. The third-order valence-electron chi connectivity index (χ3n) is 6.08. The van der Waals surface area contributed by atoms with Crippen LogP contribution in [0.1, 0.15) is 62.3 Å². The number of carbonyl (C=O) groups is 2. The summed E-state index contributed by atoms with van der Waals surface area (Å²) >= 11 is 0. The number of sulfonamides is 1. The summed E-state index contributed by atoms with van der Waals surface area (Å²) < 4.78 is 26.6. The van der Waals surface area contributed by atoms with E-state index in [4.69, 9.17) is 0 Å². The second-order valence-electron chi connectivity index (χ2n) is 9.82. The molecule has 0 heterocycles. The van der Waals surface area contributed by atoms with E-state index in [1.807, 2.05) is 84.0 Å². The van der Waals surface area contributed by atoms with Crippen LogP contribution in [0.2, 0.25) is 0 Å². The minimum atomic E-state index is -3.53. The quantitative estimate of drug-likeness (QED) is 0.451. The molecule has 1 atom stereocenters. The van der Waals surface area contributed by atoms with Gasteiger partial charge in [-0.2, -0.15) is 0 Å². The van der Waals surface area contributed by atoms with Crippen LogP contribution in [0.3, 0.4) is 0 Å². The molecule has 7 nitrogen and oxygen atoms in total. The molecule has 0 spiro atoms. The van der Waals surface area contributed by atoms with Crippen LogP contribution in [-0.2, 0) is 26.2 Å². The number of hydrogen-bond donors (Lipinski definition) is 1. The van der Waals surface area contributed by atoms with Gasteiger partial charge < -0.3 is 10.2 Å². The molecule has 2 rings (SSSR count). The monoisotopic (exact) mass is 515 g/mol. The fourth-order valence-corrected chi connectivity index (χ4v) is 5.18. The van der Waals surface area contributed by atoms with Crippen molar-refractivity contribution in [3.05, 3.63) is 64.7 Å². The van der Waals surface area contributed by atoms with Crippen molar-refractivity contribution in [3.8, 4) is 0 Å². The van der Waals surface area contributed by atoms with Crippen molar-refractivity contribution < 1.29 is 18.0 Å². The molecule has 0 saturated heterocycles. The lowest BCUT2D eigenvalue weighted by atomic mass is 10.1. The first kappa shape index (κ1) is 29.4. The first-order chi connectivity index (χ1) is 16.8. The maximum atomic E-state index is 13.5. The Kier molecular flexibility index (Phi) is 10.5. The van der Waals surface area contributed by atoms with Gasteiger partial charge in [0.2, 0.25) is 21.8 Å². The van der Waals surface area contributed by atoms with Crippen molar-refractivity contribution in [3.63, 3.8) is 0 Å². The van der Waals surface area contributed by atoms with Gasteiger partial charge in [0.1, 0.15) is 6.04 Å². The van der Waals surface area contributed by atoms with Gasteiger partial charge in [0, 0.05) is 25.6 Å². The summed E-state index contributed by atoms with van der Waals surface area (Å²) in [5.74, 6) is -0.350. The molecule has 1 N–H and O–H groups in total. The van der Waals surface area contributed by atoms with Crippen molar-refractivity contribution in [1.82, 2.24) is 10.2 Å². The Bertz CT molecular complexity index is 1140. The molecule has 0 fully saturated rings. The number of nitrogens with zero attached hydrogens (tertiary/aromatic N) is 2. The van der Waals surface area contributed by atoms with E-state index in [0.717, 1.165) is 22.3 Å². The molecule has 0 aliphatic rings. The van der Waals surface area contributed by atoms with E-state index >= 15 is 0 Å². The summed E-state index contributed by atoms with van der Waals surface area (Å²) in [5, 5.41) is 2.93. The van der Waals surface area contributed by atoms with Gasteiger partial charge in [-0.15, -0.1) is 0 Å². The Labute approximate surface area is 216 Å². The van der Waals surface area contributed by atoms with Crippen LogP contribution >= 0.6 is 0 Å². The molecule has 0 saturated carbocycles. The van der Waals surface area contributed by atoms with Gasteiger partial charge in [-0.05, 0) is 70.2 Å². The van der Waals surface area contributed by atoms with E-state index in [0.29, 0.717) is 25.1 Å². The van der Waals surface area contributed by atoms with E-state index in [1.54, 1.807) is 4.90 Å². The molecule has 198 valence electrons. The molecule has 0 unspecified atom stereocenters. The molecule has 0 radical (unpaired) electrons. The number of anilines is 1. The number of amides is 2. The zero-order valence-corrected chi connectivity index (χ0v) is 23.5. The van der Waals surface area contributed by atoms with Gasteiger partial charge >= 0.3 is 0 Å². The molecule has 2 aromatic carbocycles. The Morgan fingerprint density at radius 1 is 0.972 bits per heavy atom. The smallest absolute Gasteiger partial charge is 0.243 e. The predicted octanol–water partition coefficient (Wildman–Crippen LogP) is 4.49. The highest BCUT2D eigenvalue weighted by Gasteiger charge is 2.29. The fourth-order valence-electron chi connectivity index (χ4n) is 4.16. The van der Waals surface area contributed by atoms with Crippen LogP contribution in [0.25, 0.3) is 0 Å². The lowest BCUT2D eigenvalue weighted by Gasteiger charge is -2.31. The normalized spacial score (nSPS) is 12.3. The van der Waals surface area contributed by atoms with Crippen LogP contribution < -0.4 is 9.62 Å². The molecule has 8 heteroatoms. The van der Waals surface area contributed by atoms with Crippen molar-refractivity contribution in [2.75, 3.05) is 17.1 Å². The van der Waals surface area contributed by atoms with Crippen LogP contribution in [0, 0.1) is 20.8 Å². The van der Waals surface area contributed by atoms with Gasteiger partial charge in [-0.25, -0.2) is 8.42 Å². The maximum Gasteiger partial charge on any atom is 0.243 e. The number of carbonyl (C=O) groups excluding carboxylic acids is 2. The van der Waals surface area contributed by atoms with Crippen LogP contribution in [-0.4, -0.2) is 50.0 Å². The largest absolute Gasteiger partial charge is 0.352 e. The van der Waals surface area contributed by atoms with Gasteiger partial charge in [0.05, 0.1) is 11.9 Å². The Hall–Kier alpha value is -2.87. The Morgan fingerprint density at radius 2 is 1.58 bits per heavy atom. The van der Waals surface area contributed by atoms with Crippen molar-refractivity contribution in [2.24, 2.45) is 0 Å². The predicted molar refractivity (Wildman–Crippen MR) is 146 cm³/mol. The fraction of sp³-hybridized carbons (Fsp3) is 0.500. The molecule has 0 aliphatic heterocycles. The third kappa shape index (κ3) is 8.36. The van der Waals surface area contributed by atoms with E-state index in [2.05, 4.69) is 5.32 Å². The zero-order valence-electron chi connectivity index (χ0n) is 22.7.